The van der Waals surface area contributed by atoms with Gasteiger partial charge in [0.15, 0.2) is 6.54 Å². The van der Waals surface area contributed by atoms with E-state index in [2.05, 4.69) is 54.0 Å². The highest BCUT2D eigenvalue weighted by Gasteiger charge is 2.18. The van der Waals surface area contributed by atoms with Crippen molar-refractivity contribution in [3.05, 3.63) is 102 Å². The summed E-state index contributed by atoms with van der Waals surface area (Å²) < 4.78 is 0. The van der Waals surface area contributed by atoms with E-state index in [0.29, 0.717) is 6.54 Å². The molecule has 0 bridgehead atoms. The molecular formula is C22H23N2O+. The molecule has 3 rings (SSSR count). The van der Waals surface area contributed by atoms with Crippen molar-refractivity contribution in [2.24, 2.45) is 0 Å². The fraction of sp³-hybridized carbons (Fsp3) is 0.136. The van der Waals surface area contributed by atoms with Gasteiger partial charge in [0.1, 0.15) is 6.04 Å². The van der Waals surface area contributed by atoms with Gasteiger partial charge in [0.2, 0.25) is 0 Å². The first-order valence-electron chi connectivity index (χ1n) is 8.52. The number of benzene rings is 3. The first-order valence-corrected chi connectivity index (χ1v) is 8.52. The van der Waals surface area contributed by atoms with Crippen molar-refractivity contribution in [3.63, 3.8) is 0 Å². The molecule has 0 radical (unpaired) electrons. The lowest BCUT2D eigenvalue weighted by molar-refractivity contribution is -0.676. The number of hydrogen-bond acceptors (Lipinski definition) is 1. The molecule has 0 saturated heterocycles. The van der Waals surface area contributed by atoms with Crippen LogP contribution in [0.15, 0.2) is 84.9 Å². The van der Waals surface area contributed by atoms with Crippen molar-refractivity contribution < 1.29 is 10.1 Å². The molecule has 3 aromatic rings. The maximum Gasteiger partial charge on any atom is 0.279 e. The fourth-order valence-electron chi connectivity index (χ4n) is 2.86. The predicted octanol–water partition coefficient (Wildman–Crippen LogP) is 3.29. The van der Waals surface area contributed by atoms with Crippen LogP contribution in [0.3, 0.4) is 0 Å². The zero-order valence-corrected chi connectivity index (χ0v) is 14.4. The minimum absolute atomic E-state index is 0.000701. The van der Waals surface area contributed by atoms with Crippen molar-refractivity contribution in [2.45, 2.75) is 13.0 Å². The molecule has 3 nitrogen and oxygen atoms in total. The van der Waals surface area contributed by atoms with Gasteiger partial charge in [0.25, 0.3) is 5.91 Å². The molecule has 0 aromatic heterocycles. The van der Waals surface area contributed by atoms with Crippen LogP contribution in [0.1, 0.15) is 22.7 Å². The Bertz CT molecular complexity index is 798. The molecule has 3 N–H and O–H groups in total. The summed E-state index contributed by atoms with van der Waals surface area (Å²) in [7, 11) is 0. The van der Waals surface area contributed by atoms with Crippen LogP contribution in [0, 0.1) is 6.92 Å². The molecule has 0 unspecified atom stereocenters. The summed E-state index contributed by atoms with van der Waals surface area (Å²) in [4.78, 5) is 12.3. The van der Waals surface area contributed by atoms with E-state index in [4.69, 9.17) is 0 Å². The molecule has 0 spiro atoms. The number of anilines is 1. The van der Waals surface area contributed by atoms with Gasteiger partial charge in [0.05, 0.1) is 0 Å². The standard InChI is InChI=1S/C22H22N2O/c1-17-12-14-19(15-13-17)22(18-8-4-2-5-9-18)23-16-21(25)24-20-10-6-3-7-11-20/h2-15,22-23H,16H2,1H3,(H,24,25)/p+1/t22-/m0/s1. The van der Waals surface area contributed by atoms with Crippen molar-refractivity contribution in [1.82, 2.24) is 0 Å². The van der Waals surface area contributed by atoms with Crippen LogP contribution >= 0.6 is 0 Å². The number of nitrogens with two attached hydrogens (primary N) is 1. The summed E-state index contributed by atoms with van der Waals surface area (Å²) in [6, 6.07) is 28.5. The van der Waals surface area contributed by atoms with Crippen molar-refractivity contribution in [1.29, 1.82) is 0 Å². The van der Waals surface area contributed by atoms with E-state index in [9.17, 15) is 4.79 Å². The van der Waals surface area contributed by atoms with Gasteiger partial charge in [0, 0.05) is 16.8 Å². The fourth-order valence-corrected chi connectivity index (χ4v) is 2.86. The van der Waals surface area contributed by atoms with Crippen LogP contribution in [0.2, 0.25) is 0 Å². The first-order chi connectivity index (χ1) is 12.2. The molecule has 0 fully saturated rings. The number of carbonyl (C=O) groups excluding carboxylic acids is 1. The summed E-state index contributed by atoms with van der Waals surface area (Å²) in [5.41, 5.74) is 4.45. The maximum absolute atomic E-state index is 12.3. The highest BCUT2D eigenvalue weighted by Crippen LogP contribution is 2.18. The van der Waals surface area contributed by atoms with Gasteiger partial charge >= 0.3 is 0 Å². The molecule has 3 aromatic carbocycles. The Labute approximate surface area is 148 Å². The zero-order chi connectivity index (χ0) is 17.5. The van der Waals surface area contributed by atoms with Crippen LogP contribution in [-0.4, -0.2) is 12.5 Å². The van der Waals surface area contributed by atoms with Gasteiger partial charge in [-0.1, -0.05) is 78.4 Å². The second-order valence-electron chi connectivity index (χ2n) is 6.15. The van der Waals surface area contributed by atoms with Crippen LogP contribution < -0.4 is 10.6 Å². The monoisotopic (exact) mass is 331 g/mol. The highest BCUT2D eigenvalue weighted by atomic mass is 16.1. The number of hydrogen-bond donors (Lipinski definition) is 2. The Kier molecular flexibility index (Phi) is 5.60. The Morgan fingerprint density at radius 1 is 0.840 bits per heavy atom. The average Bonchev–Trinajstić information content (AvgIpc) is 2.65. The van der Waals surface area contributed by atoms with Crippen LogP contribution in [0.25, 0.3) is 0 Å². The Hall–Kier alpha value is -2.91. The van der Waals surface area contributed by atoms with Gasteiger partial charge in [-0.25, -0.2) is 0 Å². The van der Waals surface area contributed by atoms with E-state index in [1.807, 2.05) is 48.5 Å². The molecule has 1 amide bonds. The second kappa shape index (κ2) is 8.27. The summed E-state index contributed by atoms with van der Waals surface area (Å²) in [6.45, 7) is 2.45. The molecule has 0 heterocycles. The number of aryl methyl sites for hydroxylation is 1. The smallest absolute Gasteiger partial charge is 0.279 e. The van der Waals surface area contributed by atoms with Gasteiger partial charge in [-0.2, -0.15) is 0 Å². The van der Waals surface area contributed by atoms with Crippen LogP contribution in [-0.2, 0) is 4.79 Å². The topological polar surface area (TPSA) is 45.7 Å². The highest BCUT2D eigenvalue weighted by molar-refractivity contribution is 5.91. The molecule has 1 atom stereocenters. The lowest BCUT2D eigenvalue weighted by Crippen LogP contribution is -2.87. The molecule has 25 heavy (non-hydrogen) atoms. The van der Waals surface area contributed by atoms with E-state index in [1.54, 1.807) is 0 Å². The Morgan fingerprint density at radius 2 is 1.40 bits per heavy atom. The number of para-hydroxylation sites is 1. The lowest BCUT2D eigenvalue weighted by atomic mass is 9.98. The van der Waals surface area contributed by atoms with Crippen LogP contribution in [0.5, 0.6) is 0 Å². The third-order valence-corrected chi connectivity index (χ3v) is 4.19. The molecule has 0 saturated carbocycles. The van der Waals surface area contributed by atoms with Crippen molar-refractivity contribution >= 4 is 11.6 Å². The Morgan fingerprint density at radius 3 is 2.04 bits per heavy atom. The molecule has 3 heteroatoms. The number of carbonyl (C=O) groups is 1. The second-order valence-corrected chi connectivity index (χ2v) is 6.15. The largest absolute Gasteiger partial charge is 0.328 e. The minimum atomic E-state index is -0.000701. The molecule has 0 aliphatic carbocycles. The Balaban J connectivity index is 1.72. The molecular weight excluding hydrogens is 308 g/mol. The van der Waals surface area contributed by atoms with E-state index >= 15 is 0 Å². The zero-order valence-electron chi connectivity index (χ0n) is 14.4. The number of rotatable bonds is 6. The first kappa shape index (κ1) is 16.9. The van der Waals surface area contributed by atoms with E-state index < -0.39 is 0 Å². The molecule has 126 valence electrons. The summed E-state index contributed by atoms with van der Waals surface area (Å²) in [5.74, 6) is -0.000701. The minimum Gasteiger partial charge on any atom is -0.328 e. The summed E-state index contributed by atoms with van der Waals surface area (Å²) >= 11 is 0. The number of nitrogens with one attached hydrogen (secondary N) is 1. The van der Waals surface area contributed by atoms with Crippen molar-refractivity contribution in [2.75, 3.05) is 11.9 Å². The molecule has 0 aliphatic heterocycles. The van der Waals surface area contributed by atoms with Crippen molar-refractivity contribution in [3.8, 4) is 0 Å². The normalized spacial score (nSPS) is 11.7. The third-order valence-electron chi connectivity index (χ3n) is 4.19. The number of amides is 1. The van der Waals surface area contributed by atoms with E-state index in [-0.39, 0.29) is 11.9 Å². The lowest BCUT2D eigenvalue weighted by Gasteiger charge is -2.17. The van der Waals surface area contributed by atoms with Gasteiger partial charge in [-0.05, 0) is 19.1 Å². The number of quaternary nitrogens is 1. The maximum atomic E-state index is 12.3. The van der Waals surface area contributed by atoms with Gasteiger partial charge in [-0.15, -0.1) is 0 Å². The SMILES string of the molecule is Cc1ccc([C@@H]([NH2+]CC(=O)Nc2ccccc2)c2ccccc2)cc1. The summed E-state index contributed by atoms with van der Waals surface area (Å²) in [6.07, 6.45) is 0. The molecule has 0 aliphatic rings. The van der Waals surface area contributed by atoms with Crippen LogP contribution in [0.4, 0.5) is 5.69 Å². The predicted molar refractivity (Wildman–Crippen MR) is 101 cm³/mol. The average molecular weight is 331 g/mol. The van der Waals surface area contributed by atoms with E-state index in [0.717, 1.165) is 5.69 Å². The summed E-state index contributed by atoms with van der Waals surface area (Å²) in [5, 5.41) is 5.02. The van der Waals surface area contributed by atoms with Gasteiger partial charge in [-0.3, -0.25) is 4.79 Å². The third kappa shape index (κ3) is 4.78. The van der Waals surface area contributed by atoms with Gasteiger partial charge < -0.3 is 10.6 Å². The quantitative estimate of drug-likeness (QED) is 0.715. The van der Waals surface area contributed by atoms with E-state index in [1.165, 1.54) is 16.7 Å².